The lowest BCUT2D eigenvalue weighted by Gasteiger charge is -2.35. The lowest BCUT2D eigenvalue weighted by atomic mass is 9.79. The summed E-state index contributed by atoms with van der Waals surface area (Å²) in [5.41, 5.74) is 0.383. The van der Waals surface area contributed by atoms with E-state index >= 15 is 0 Å². The Kier molecular flexibility index (Phi) is 4.48. The molecule has 2 atom stereocenters. The zero-order chi connectivity index (χ0) is 14.8. The van der Waals surface area contributed by atoms with Crippen LogP contribution in [0.1, 0.15) is 44.0 Å². The summed E-state index contributed by atoms with van der Waals surface area (Å²) in [6.07, 6.45) is 4.05. The number of aryl methyl sites for hydroxylation is 1. The quantitative estimate of drug-likeness (QED) is 0.789. The molecule has 0 aromatic carbocycles. The summed E-state index contributed by atoms with van der Waals surface area (Å²) in [4.78, 5) is 8.79. The van der Waals surface area contributed by atoms with Crippen molar-refractivity contribution in [1.29, 1.82) is 0 Å². The number of nitrogens with zero attached hydrogens (tertiary/aromatic N) is 2. The molecule has 112 valence electrons. The third-order valence-electron chi connectivity index (χ3n) is 4.15. The highest BCUT2D eigenvalue weighted by Crippen LogP contribution is 2.32. The first-order valence-electron chi connectivity index (χ1n) is 7.43. The number of anilines is 2. The standard InChI is InChI=1S/C15H26N4O/c1-10-6-5-7-15(20,8-10)9-17-14-11(2)13(16-4)18-12(3)19-14/h10,20H,5-9H2,1-4H3,(H2,16,17,18,19). The van der Waals surface area contributed by atoms with Crippen molar-refractivity contribution < 1.29 is 5.11 Å². The number of nitrogens with one attached hydrogen (secondary N) is 2. The Morgan fingerprint density at radius 2 is 2.00 bits per heavy atom. The van der Waals surface area contributed by atoms with Crippen LogP contribution in [0.25, 0.3) is 0 Å². The summed E-state index contributed by atoms with van der Waals surface area (Å²) in [5.74, 6) is 2.97. The molecule has 2 unspecified atom stereocenters. The van der Waals surface area contributed by atoms with Gasteiger partial charge in [-0.1, -0.05) is 19.8 Å². The van der Waals surface area contributed by atoms with Gasteiger partial charge in [0.05, 0.1) is 5.60 Å². The van der Waals surface area contributed by atoms with Crippen LogP contribution >= 0.6 is 0 Å². The van der Waals surface area contributed by atoms with Crippen molar-refractivity contribution in [1.82, 2.24) is 9.97 Å². The maximum absolute atomic E-state index is 10.7. The second-order valence-corrected chi connectivity index (χ2v) is 6.12. The molecule has 5 heteroatoms. The van der Waals surface area contributed by atoms with Gasteiger partial charge >= 0.3 is 0 Å². The van der Waals surface area contributed by atoms with E-state index in [0.29, 0.717) is 12.5 Å². The van der Waals surface area contributed by atoms with E-state index in [1.54, 1.807) is 0 Å². The average molecular weight is 278 g/mol. The molecule has 5 nitrogen and oxygen atoms in total. The molecule has 1 aromatic heterocycles. The van der Waals surface area contributed by atoms with Crippen LogP contribution in [0.15, 0.2) is 0 Å². The Hall–Kier alpha value is -1.36. The van der Waals surface area contributed by atoms with Crippen LogP contribution in [-0.4, -0.2) is 34.3 Å². The van der Waals surface area contributed by atoms with Crippen molar-refractivity contribution in [3.63, 3.8) is 0 Å². The van der Waals surface area contributed by atoms with Gasteiger partial charge < -0.3 is 15.7 Å². The molecule has 0 saturated heterocycles. The van der Waals surface area contributed by atoms with E-state index in [1.807, 2.05) is 20.9 Å². The highest BCUT2D eigenvalue weighted by Gasteiger charge is 2.32. The number of hydrogen-bond donors (Lipinski definition) is 3. The van der Waals surface area contributed by atoms with Crippen molar-refractivity contribution in [3.8, 4) is 0 Å². The SMILES string of the molecule is CNc1nc(C)nc(NCC2(O)CCCC(C)C2)c1C. The van der Waals surface area contributed by atoms with Crippen LogP contribution in [0, 0.1) is 19.8 Å². The molecular formula is C15H26N4O. The van der Waals surface area contributed by atoms with Crippen molar-refractivity contribution in [2.45, 2.75) is 52.1 Å². The smallest absolute Gasteiger partial charge is 0.134 e. The van der Waals surface area contributed by atoms with Crippen molar-refractivity contribution >= 4 is 11.6 Å². The zero-order valence-corrected chi connectivity index (χ0v) is 13.0. The van der Waals surface area contributed by atoms with Gasteiger partial charge in [-0.3, -0.25) is 0 Å². The molecule has 0 radical (unpaired) electrons. The second kappa shape index (κ2) is 5.95. The normalized spacial score (nSPS) is 26.4. The van der Waals surface area contributed by atoms with Crippen molar-refractivity contribution in [2.24, 2.45) is 5.92 Å². The minimum atomic E-state index is -0.608. The van der Waals surface area contributed by atoms with Gasteiger partial charge in [0.2, 0.25) is 0 Å². The van der Waals surface area contributed by atoms with Gasteiger partial charge in [0.1, 0.15) is 17.5 Å². The van der Waals surface area contributed by atoms with E-state index < -0.39 is 5.60 Å². The minimum absolute atomic E-state index is 0.553. The van der Waals surface area contributed by atoms with E-state index in [1.165, 1.54) is 6.42 Å². The van der Waals surface area contributed by atoms with E-state index in [2.05, 4.69) is 27.5 Å². The summed E-state index contributed by atoms with van der Waals surface area (Å²) in [6, 6.07) is 0. The molecule has 0 aliphatic heterocycles. The van der Waals surface area contributed by atoms with E-state index in [-0.39, 0.29) is 0 Å². The molecule has 20 heavy (non-hydrogen) atoms. The maximum atomic E-state index is 10.7. The van der Waals surface area contributed by atoms with Gasteiger partial charge in [0.25, 0.3) is 0 Å². The van der Waals surface area contributed by atoms with Crippen molar-refractivity contribution in [3.05, 3.63) is 11.4 Å². The average Bonchev–Trinajstić information content (AvgIpc) is 2.39. The number of rotatable bonds is 4. The predicted molar refractivity (Wildman–Crippen MR) is 82.1 cm³/mol. The molecule has 0 bridgehead atoms. The second-order valence-electron chi connectivity index (χ2n) is 6.12. The molecule has 0 amide bonds. The topological polar surface area (TPSA) is 70.1 Å². The fourth-order valence-electron chi connectivity index (χ4n) is 3.09. The van der Waals surface area contributed by atoms with Crippen LogP contribution in [0.5, 0.6) is 0 Å². The van der Waals surface area contributed by atoms with Gasteiger partial charge in [-0.25, -0.2) is 9.97 Å². The Balaban J connectivity index is 2.09. The lowest BCUT2D eigenvalue weighted by Crippen LogP contribution is -2.41. The third-order valence-corrected chi connectivity index (χ3v) is 4.15. The molecule has 1 fully saturated rings. The van der Waals surface area contributed by atoms with Crippen molar-refractivity contribution in [2.75, 3.05) is 24.2 Å². The van der Waals surface area contributed by atoms with Crippen LogP contribution in [0.4, 0.5) is 11.6 Å². The Labute approximate surface area is 121 Å². The van der Waals surface area contributed by atoms with Crippen LogP contribution in [0.3, 0.4) is 0 Å². The molecular weight excluding hydrogens is 252 g/mol. The largest absolute Gasteiger partial charge is 0.388 e. The highest BCUT2D eigenvalue weighted by molar-refractivity contribution is 5.57. The first-order chi connectivity index (χ1) is 9.43. The van der Waals surface area contributed by atoms with Gasteiger partial charge in [-0.2, -0.15) is 0 Å². The summed E-state index contributed by atoms with van der Waals surface area (Å²) in [6.45, 7) is 6.63. The zero-order valence-electron chi connectivity index (χ0n) is 13.0. The Morgan fingerprint density at radius 3 is 2.65 bits per heavy atom. The Bertz CT molecular complexity index is 477. The van der Waals surface area contributed by atoms with Gasteiger partial charge in [0, 0.05) is 19.2 Å². The van der Waals surface area contributed by atoms with E-state index in [0.717, 1.165) is 42.3 Å². The number of aliphatic hydroxyl groups is 1. The monoisotopic (exact) mass is 278 g/mol. The molecule has 1 aromatic rings. The molecule has 1 aliphatic rings. The van der Waals surface area contributed by atoms with Crippen LogP contribution < -0.4 is 10.6 Å². The van der Waals surface area contributed by atoms with Gasteiger partial charge in [0.15, 0.2) is 0 Å². The Morgan fingerprint density at radius 1 is 1.30 bits per heavy atom. The molecule has 1 heterocycles. The summed E-state index contributed by atoms with van der Waals surface area (Å²) < 4.78 is 0. The summed E-state index contributed by atoms with van der Waals surface area (Å²) in [5, 5.41) is 17.1. The fraction of sp³-hybridized carbons (Fsp3) is 0.733. The van der Waals surface area contributed by atoms with E-state index in [4.69, 9.17) is 0 Å². The van der Waals surface area contributed by atoms with Gasteiger partial charge in [-0.15, -0.1) is 0 Å². The minimum Gasteiger partial charge on any atom is -0.388 e. The van der Waals surface area contributed by atoms with Gasteiger partial charge in [-0.05, 0) is 32.6 Å². The summed E-state index contributed by atoms with van der Waals surface area (Å²) >= 11 is 0. The van der Waals surface area contributed by atoms with Crippen LogP contribution in [0.2, 0.25) is 0 Å². The molecule has 1 aliphatic carbocycles. The van der Waals surface area contributed by atoms with Crippen LogP contribution in [-0.2, 0) is 0 Å². The summed E-state index contributed by atoms with van der Waals surface area (Å²) in [7, 11) is 1.86. The maximum Gasteiger partial charge on any atom is 0.134 e. The number of hydrogen-bond acceptors (Lipinski definition) is 5. The third kappa shape index (κ3) is 3.39. The molecule has 0 spiro atoms. The molecule has 3 N–H and O–H groups in total. The predicted octanol–water partition coefficient (Wildman–Crippen LogP) is 2.49. The first-order valence-corrected chi connectivity index (χ1v) is 7.43. The van der Waals surface area contributed by atoms with E-state index in [9.17, 15) is 5.11 Å². The lowest BCUT2D eigenvalue weighted by molar-refractivity contribution is -0.000838. The molecule has 2 rings (SSSR count). The first kappa shape index (κ1) is 15.0. The fourth-order valence-corrected chi connectivity index (χ4v) is 3.09. The number of aromatic nitrogens is 2. The molecule has 1 saturated carbocycles. The highest BCUT2D eigenvalue weighted by atomic mass is 16.3.